The van der Waals surface area contributed by atoms with Crippen LogP contribution in [0.3, 0.4) is 0 Å². The summed E-state index contributed by atoms with van der Waals surface area (Å²) in [6.45, 7) is 0.634. The number of urea groups is 1. The summed E-state index contributed by atoms with van der Waals surface area (Å²) >= 11 is 0. The van der Waals surface area contributed by atoms with Crippen LogP contribution in [0.15, 0.2) is 18.2 Å². The smallest absolute Gasteiger partial charge is 0.317 e. The van der Waals surface area contributed by atoms with Crippen molar-refractivity contribution >= 4 is 6.03 Å². The number of nitrogens with zero attached hydrogens (tertiary/aromatic N) is 1. The van der Waals surface area contributed by atoms with E-state index < -0.39 is 5.60 Å². The van der Waals surface area contributed by atoms with E-state index in [1.54, 1.807) is 4.90 Å². The molecule has 23 heavy (non-hydrogen) atoms. The van der Waals surface area contributed by atoms with Crippen LogP contribution in [0.4, 0.5) is 9.18 Å². The van der Waals surface area contributed by atoms with Gasteiger partial charge < -0.3 is 20.4 Å². The highest BCUT2D eigenvalue weighted by Gasteiger charge is 2.33. The molecule has 2 amide bonds. The number of aliphatic hydroxyl groups is 2. The highest BCUT2D eigenvalue weighted by molar-refractivity contribution is 5.74. The number of likely N-dealkylation sites (tertiary alicyclic amines) is 1. The molecule has 2 aliphatic rings. The molecule has 0 radical (unpaired) electrons. The fourth-order valence-corrected chi connectivity index (χ4v) is 2.97. The molecule has 1 aromatic rings. The second-order valence-electron chi connectivity index (χ2n) is 6.65. The second-order valence-corrected chi connectivity index (χ2v) is 6.65. The quantitative estimate of drug-likeness (QED) is 0.790. The van der Waals surface area contributed by atoms with E-state index in [1.165, 1.54) is 6.07 Å². The third-order valence-corrected chi connectivity index (χ3v) is 4.82. The predicted molar refractivity (Wildman–Crippen MR) is 83.5 cm³/mol. The Morgan fingerprint density at radius 1 is 1.35 bits per heavy atom. The third-order valence-electron chi connectivity index (χ3n) is 4.82. The van der Waals surface area contributed by atoms with Crippen LogP contribution in [0.25, 0.3) is 0 Å². The maximum atomic E-state index is 13.9. The molecule has 1 aromatic carbocycles. The van der Waals surface area contributed by atoms with Crippen LogP contribution in [0.2, 0.25) is 0 Å². The SMILES string of the molecule is O=C(NCc1cc(C2CC2)ccc1F)N1CCC(O)(CO)CC1. The molecule has 126 valence electrons. The molecule has 0 aromatic heterocycles. The molecule has 1 aliphatic heterocycles. The van der Waals surface area contributed by atoms with E-state index in [1.807, 2.05) is 12.1 Å². The molecule has 0 unspecified atom stereocenters. The Morgan fingerprint density at radius 3 is 2.65 bits per heavy atom. The van der Waals surface area contributed by atoms with Gasteiger partial charge in [0.2, 0.25) is 0 Å². The van der Waals surface area contributed by atoms with Crippen molar-refractivity contribution < 1.29 is 19.4 Å². The van der Waals surface area contributed by atoms with Gasteiger partial charge in [-0.15, -0.1) is 0 Å². The zero-order valence-electron chi connectivity index (χ0n) is 13.1. The van der Waals surface area contributed by atoms with Crippen LogP contribution in [0.1, 0.15) is 42.7 Å². The first-order valence-corrected chi connectivity index (χ1v) is 8.15. The number of amides is 2. The van der Waals surface area contributed by atoms with Gasteiger partial charge in [0, 0.05) is 25.2 Å². The Kier molecular flexibility index (Phi) is 4.55. The summed E-state index contributed by atoms with van der Waals surface area (Å²) in [5.41, 5.74) is 0.565. The van der Waals surface area contributed by atoms with Crippen LogP contribution in [0, 0.1) is 5.82 Å². The maximum absolute atomic E-state index is 13.9. The number of hydrogen-bond donors (Lipinski definition) is 3. The lowest BCUT2D eigenvalue weighted by molar-refractivity contribution is -0.0526. The number of carbonyl (C=O) groups excluding carboxylic acids is 1. The first-order valence-electron chi connectivity index (χ1n) is 8.15. The van der Waals surface area contributed by atoms with Crippen molar-refractivity contribution in [3.63, 3.8) is 0 Å². The first kappa shape index (κ1) is 16.2. The molecule has 1 aliphatic carbocycles. The number of piperidine rings is 1. The minimum absolute atomic E-state index is 0.159. The Labute approximate surface area is 135 Å². The summed E-state index contributed by atoms with van der Waals surface area (Å²) in [7, 11) is 0. The van der Waals surface area contributed by atoms with E-state index in [2.05, 4.69) is 5.32 Å². The molecule has 3 rings (SSSR count). The molecular weight excluding hydrogens is 299 g/mol. The van der Waals surface area contributed by atoms with Crippen molar-refractivity contribution in [1.29, 1.82) is 0 Å². The van der Waals surface area contributed by atoms with Gasteiger partial charge in [-0.3, -0.25) is 0 Å². The summed E-state index contributed by atoms with van der Waals surface area (Å²) in [4.78, 5) is 13.8. The first-order chi connectivity index (χ1) is 11.0. The molecule has 5 nitrogen and oxygen atoms in total. The van der Waals surface area contributed by atoms with Crippen LogP contribution in [-0.4, -0.2) is 46.4 Å². The summed E-state index contributed by atoms with van der Waals surface area (Å²) < 4.78 is 13.9. The fraction of sp³-hybridized carbons (Fsp3) is 0.588. The topological polar surface area (TPSA) is 72.8 Å². The minimum Gasteiger partial charge on any atom is -0.393 e. The van der Waals surface area contributed by atoms with Gasteiger partial charge in [0.15, 0.2) is 0 Å². The number of nitrogens with one attached hydrogen (secondary N) is 1. The summed E-state index contributed by atoms with van der Waals surface area (Å²) in [5.74, 6) is 0.242. The van der Waals surface area contributed by atoms with E-state index >= 15 is 0 Å². The summed E-state index contributed by atoms with van der Waals surface area (Å²) in [6, 6.07) is 4.87. The molecule has 3 N–H and O–H groups in total. The maximum Gasteiger partial charge on any atom is 0.317 e. The average molecular weight is 322 g/mol. The number of hydrogen-bond acceptors (Lipinski definition) is 3. The predicted octanol–water partition coefficient (Wildman–Crippen LogP) is 1.73. The van der Waals surface area contributed by atoms with Crippen molar-refractivity contribution in [3.05, 3.63) is 35.1 Å². The molecule has 0 bridgehead atoms. The van der Waals surface area contributed by atoms with E-state index in [4.69, 9.17) is 5.11 Å². The lowest BCUT2D eigenvalue weighted by atomic mass is 9.93. The van der Waals surface area contributed by atoms with Crippen molar-refractivity contribution in [1.82, 2.24) is 10.2 Å². The van der Waals surface area contributed by atoms with Crippen LogP contribution < -0.4 is 5.32 Å². The number of carbonyl (C=O) groups is 1. The Bertz CT molecular complexity index is 581. The van der Waals surface area contributed by atoms with Crippen molar-refractivity contribution in [2.45, 2.75) is 43.7 Å². The Morgan fingerprint density at radius 2 is 2.04 bits per heavy atom. The van der Waals surface area contributed by atoms with Gasteiger partial charge in [-0.25, -0.2) is 9.18 Å². The monoisotopic (exact) mass is 322 g/mol. The Balaban J connectivity index is 1.54. The van der Waals surface area contributed by atoms with Crippen molar-refractivity contribution in [3.8, 4) is 0 Å². The average Bonchev–Trinajstić information content (AvgIpc) is 3.39. The van der Waals surface area contributed by atoms with Gasteiger partial charge in [0.25, 0.3) is 0 Å². The lowest BCUT2D eigenvalue weighted by Gasteiger charge is -2.36. The van der Waals surface area contributed by atoms with Crippen LogP contribution in [-0.2, 0) is 6.54 Å². The van der Waals surface area contributed by atoms with Crippen molar-refractivity contribution in [2.75, 3.05) is 19.7 Å². The van der Waals surface area contributed by atoms with Gasteiger partial charge in [-0.05, 0) is 43.2 Å². The Hall–Kier alpha value is -1.66. The van der Waals surface area contributed by atoms with E-state index in [0.29, 0.717) is 37.4 Å². The van der Waals surface area contributed by atoms with E-state index in [-0.39, 0.29) is 25.0 Å². The molecule has 2 fully saturated rings. The molecule has 6 heteroatoms. The molecule has 1 saturated heterocycles. The van der Waals surface area contributed by atoms with Gasteiger partial charge in [0.1, 0.15) is 5.82 Å². The van der Waals surface area contributed by atoms with E-state index in [0.717, 1.165) is 18.4 Å². The second kappa shape index (κ2) is 6.45. The molecule has 1 heterocycles. The summed E-state index contributed by atoms with van der Waals surface area (Å²) in [5, 5.41) is 21.8. The molecule has 0 atom stereocenters. The third kappa shape index (κ3) is 3.82. The standard InChI is InChI=1S/C17H23FN2O3/c18-15-4-3-13(12-1-2-12)9-14(15)10-19-16(22)20-7-5-17(23,11-21)6-8-20/h3-4,9,12,21,23H,1-2,5-8,10-11H2,(H,19,22). The van der Waals surface area contributed by atoms with E-state index in [9.17, 15) is 14.3 Å². The molecule has 0 spiro atoms. The largest absolute Gasteiger partial charge is 0.393 e. The van der Waals surface area contributed by atoms with Gasteiger partial charge in [-0.1, -0.05) is 12.1 Å². The zero-order chi connectivity index (χ0) is 16.4. The van der Waals surface area contributed by atoms with Gasteiger partial charge in [-0.2, -0.15) is 0 Å². The van der Waals surface area contributed by atoms with Gasteiger partial charge >= 0.3 is 6.03 Å². The highest BCUT2D eigenvalue weighted by atomic mass is 19.1. The number of rotatable bonds is 4. The molecular formula is C17H23FN2O3. The number of aliphatic hydroxyl groups excluding tert-OH is 1. The number of halogens is 1. The van der Waals surface area contributed by atoms with Crippen molar-refractivity contribution in [2.24, 2.45) is 0 Å². The van der Waals surface area contributed by atoms with Crippen LogP contribution >= 0.6 is 0 Å². The normalized spacial score (nSPS) is 20.4. The molecule has 1 saturated carbocycles. The minimum atomic E-state index is -1.08. The summed E-state index contributed by atoms with van der Waals surface area (Å²) in [6.07, 6.45) is 3.00. The highest BCUT2D eigenvalue weighted by Crippen LogP contribution is 2.40. The van der Waals surface area contributed by atoms with Gasteiger partial charge in [0.05, 0.1) is 12.2 Å². The zero-order valence-corrected chi connectivity index (χ0v) is 13.1. The fourth-order valence-electron chi connectivity index (χ4n) is 2.97. The lowest BCUT2D eigenvalue weighted by Crippen LogP contribution is -2.51. The number of benzene rings is 1. The van der Waals surface area contributed by atoms with Crippen LogP contribution in [0.5, 0.6) is 0 Å².